The van der Waals surface area contributed by atoms with Crippen molar-refractivity contribution in [3.05, 3.63) is 103 Å². The van der Waals surface area contributed by atoms with E-state index >= 15 is 0 Å². The maximum absolute atomic E-state index is 10.6. The highest BCUT2D eigenvalue weighted by Gasteiger charge is 2.38. The second kappa shape index (κ2) is 9.74. The largest absolute Gasteiger partial charge is 0.490 e. The van der Waals surface area contributed by atoms with E-state index in [1.54, 1.807) is 0 Å². The molecule has 0 atom stereocenters. The summed E-state index contributed by atoms with van der Waals surface area (Å²) in [6.45, 7) is 0. The number of halogens is 3. The summed E-state index contributed by atoms with van der Waals surface area (Å²) in [6, 6.07) is 31.7. The van der Waals surface area contributed by atoms with Crippen molar-refractivity contribution >= 4 is 5.97 Å². The van der Waals surface area contributed by atoms with Crippen LogP contribution in [0.15, 0.2) is 97.1 Å². The number of aliphatic carboxylic acids is 1. The van der Waals surface area contributed by atoms with Gasteiger partial charge in [0, 0.05) is 22.9 Å². The van der Waals surface area contributed by atoms with Gasteiger partial charge >= 0.3 is 12.1 Å². The molecule has 4 rings (SSSR count). The zero-order chi connectivity index (χ0) is 23.1. The summed E-state index contributed by atoms with van der Waals surface area (Å²) in [4.78, 5) is 13.8. The lowest BCUT2D eigenvalue weighted by atomic mass is 10.1. The number of aromatic nitrogens is 2. The van der Waals surface area contributed by atoms with Gasteiger partial charge in [0.15, 0.2) is 0 Å². The molecule has 0 fully saturated rings. The van der Waals surface area contributed by atoms with E-state index in [1.807, 2.05) is 102 Å². The Morgan fingerprint density at radius 2 is 1.25 bits per heavy atom. The average molecular weight is 437 g/mol. The van der Waals surface area contributed by atoms with Crippen molar-refractivity contribution in [1.29, 1.82) is 5.41 Å². The van der Waals surface area contributed by atoms with Gasteiger partial charge in [-0.3, -0.25) is 9.98 Å². The quantitative estimate of drug-likeness (QED) is 0.455. The van der Waals surface area contributed by atoms with Crippen LogP contribution in [0.4, 0.5) is 13.2 Å². The predicted octanol–water partition coefficient (Wildman–Crippen LogP) is 5.32. The van der Waals surface area contributed by atoms with Crippen LogP contribution in [0.2, 0.25) is 0 Å². The number of hydrogen-bond acceptors (Lipinski definition) is 3. The maximum atomic E-state index is 10.6. The Hall–Kier alpha value is -4.20. The summed E-state index contributed by atoms with van der Waals surface area (Å²) in [7, 11) is 0. The number of carboxylic acids is 1. The molecule has 4 aromatic rings. The second-order valence-electron chi connectivity index (χ2n) is 6.56. The van der Waals surface area contributed by atoms with Crippen LogP contribution in [0.5, 0.6) is 0 Å². The van der Waals surface area contributed by atoms with Crippen molar-refractivity contribution in [2.45, 2.75) is 6.18 Å². The molecule has 1 heterocycles. The Morgan fingerprint density at radius 1 is 0.812 bits per heavy atom. The van der Waals surface area contributed by atoms with Gasteiger partial charge in [-0.2, -0.15) is 13.2 Å². The molecular formula is C24H18F3N3O2. The van der Waals surface area contributed by atoms with Crippen LogP contribution in [0.25, 0.3) is 28.3 Å². The fourth-order valence-electron chi connectivity index (χ4n) is 2.88. The van der Waals surface area contributed by atoms with Gasteiger partial charge in [-0.05, 0) is 12.1 Å². The van der Waals surface area contributed by atoms with Crippen LogP contribution in [-0.2, 0) is 4.79 Å². The summed E-state index contributed by atoms with van der Waals surface area (Å²) < 4.78 is 33.6. The minimum Gasteiger partial charge on any atom is -0.475 e. The van der Waals surface area contributed by atoms with Crippen molar-refractivity contribution in [3.8, 4) is 28.3 Å². The van der Waals surface area contributed by atoms with E-state index in [0.717, 1.165) is 28.3 Å². The van der Waals surface area contributed by atoms with Crippen LogP contribution in [-0.4, -0.2) is 26.8 Å². The number of alkyl halides is 3. The van der Waals surface area contributed by atoms with Crippen molar-refractivity contribution < 1.29 is 23.1 Å². The molecule has 5 nitrogen and oxygen atoms in total. The lowest BCUT2D eigenvalue weighted by Crippen LogP contribution is -2.21. The highest BCUT2D eigenvalue weighted by atomic mass is 19.4. The molecule has 0 radical (unpaired) electrons. The summed E-state index contributed by atoms with van der Waals surface area (Å²) in [5.41, 5.74) is 4.13. The number of rotatable bonds is 3. The Labute approximate surface area is 181 Å². The molecule has 0 unspecified atom stereocenters. The minimum atomic E-state index is -5.08. The molecule has 0 saturated heterocycles. The highest BCUT2D eigenvalue weighted by molar-refractivity contribution is 5.73. The first kappa shape index (κ1) is 22.5. The smallest absolute Gasteiger partial charge is 0.475 e. The van der Waals surface area contributed by atoms with E-state index in [1.165, 1.54) is 0 Å². The number of para-hydroxylation sites is 1. The molecule has 0 spiro atoms. The van der Waals surface area contributed by atoms with Crippen LogP contribution in [0.1, 0.15) is 0 Å². The molecule has 3 aromatic carbocycles. The monoisotopic (exact) mass is 437 g/mol. The van der Waals surface area contributed by atoms with Gasteiger partial charge < -0.3 is 5.11 Å². The first-order valence-corrected chi connectivity index (χ1v) is 9.42. The molecule has 0 aliphatic rings. The van der Waals surface area contributed by atoms with Crippen molar-refractivity contribution in [2.75, 3.05) is 0 Å². The summed E-state index contributed by atoms with van der Waals surface area (Å²) in [5.74, 6) is -1.99. The van der Waals surface area contributed by atoms with E-state index in [2.05, 4.69) is 0 Å². The van der Waals surface area contributed by atoms with Gasteiger partial charge in [0.05, 0.1) is 5.69 Å². The summed E-state index contributed by atoms with van der Waals surface area (Å²) in [6.07, 6.45) is -5.08. The summed E-state index contributed by atoms with van der Waals surface area (Å²) >= 11 is 0. The SMILES string of the molecule is N=c1cc(-c2ccccc2)nc(-c2ccccc2)n1-c1ccccc1.O=C(O)C(F)(F)F. The topological polar surface area (TPSA) is 79.0 Å². The number of carboxylic acid groups (broad SMARTS) is 1. The second-order valence-corrected chi connectivity index (χ2v) is 6.56. The van der Waals surface area contributed by atoms with Gasteiger partial charge in [0.2, 0.25) is 0 Å². The van der Waals surface area contributed by atoms with Crippen molar-refractivity contribution in [3.63, 3.8) is 0 Å². The molecular weight excluding hydrogens is 419 g/mol. The Kier molecular flexibility index (Phi) is 6.84. The molecule has 32 heavy (non-hydrogen) atoms. The fraction of sp³-hybridized carbons (Fsp3) is 0.0417. The van der Waals surface area contributed by atoms with E-state index in [0.29, 0.717) is 5.49 Å². The third kappa shape index (κ3) is 5.48. The van der Waals surface area contributed by atoms with E-state index in [9.17, 15) is 13.2 Å². The first-order valence-electron chi connectivity index (χ1n) is 9.42. The zero-order valence-corrected chi connectivity index (χ0v) is 16.6. The highest BCUT2D eigenvalue weighted by Crippen LogP contribution is 2.23. The van der Waals surface area contributed by atoms with E-state index in [-0.39, 0.29) is 0 Å². The molecule has 0 saturated carbocycles. The van der Waals surface area contributed by atoms with Crippen LogP contribution < -0.4 is 5.49 Å². The molecule has 2 N–H and O–H groups in total. The Morgan fingerprint density at radius 3 is 1.72 bits per heavy atom. The molecule has 0 bridgehead atoms. The van der Waals surface area contributed by atoms with E-state index < -0.39 is 12.1 Å². The van der Waals surface area contributed by atoms with Gasteiger partial charge in [-0.25, -0.2) is 9.78 Å². The van der Waals surface area contributed by atoms with Gasteiger partial charge in [0.25, 0.3) is 0 Å². The lowest BCUT2D eigenvalue weighted by Gasteiger charge is -2.15. The minimum absolute atomic E-state index is 0.402. The van der Waals surface area contributed by atoms with Crippen LogP contribution in [0.3, 0.4) is 0 Å². The van der Waals surface area contributed by atoms with Gasteiger partial charge in [-0.15, -0.1) is 0 Å². The predicted molar refractivity (Wildman–Crippen MR) is 114 cm³/mol. The first-order chi connectivity index (χ1) is 15.3. The van der Waals surface area contributed by atoms with Crippen LogP contribution in [0, 0.1) is 5.41 Å². The number of nitrogens with one attached hydrogen (secondary N) is 1. The normalized spacial score (nSPS) is 10.7. The molecule has 8 heteroatoms. The molecule has 162 valence electrons. The van der Waals surface area contributed by atoms with Crippen LogP contribution >= 0.6 is 0 Å². The Balaban J connectivity index is 0.000000360. The number of hydrogen-bond donors (Lipinski definition) is 2. The lowest BCUT2D eigenvalue weighted by molar-refractivity contribution is -0.192. The number of benzene rings is 3. The Bertz CT molecular complexity index is 1240. The van der Waals surface area contributed by atoms with Crippen molar-refractivity contribution in [2.24, 2.45) is 0 Å². The van der Waals surface area contributed by atoms with E-state index in [4.69, 9.17) is 20.3 Å². The molecule has 0 aliphatic heterocycles. The van der Waals surface area contributed by atoms with Gasteiger partial charge in [-0.1, -0.05) is 78.9 Å². The molecule has 0 aliphatic carbocycles. The standard InChI is InChI=1S/C22H17N3.C2HF3O2/c23-21-16-20(17-10-4-1-5-11-17)24-22(18-12-6-2-7-13-18)25(21)19-14-8-3-9-15-19;3-2(4,5)1(6)7/h1-16,23H;(H,6,7). The zero-order valence-electron chi connectivity index (χ0n) is 16.6. The van der Waals surface area contributed by atoms with Gasteiger partial charge in [0.1, 0.15) is 11.3 Å². The molecule has 0 amide bonds. The fourth-order valence-corrected chi connectivity index (χ4v) is 2.88. The maximum Gasteiger partial charge on any atom is 0.490 e. The third-order valence-electron chi connectivity index (χ3n) is 4.31. The number of nitrogens with zero attached hydrogens (tertiary/aromatic N) is 2. The third-order valence-corrected chi connectivity index (χ3v) is 4.31. The number of carbonyl (C=O) groups is 1. The molecule has 1 aromatic heterocycles. The van der Waals surface area contributed by atoms with Crippen molar-refractivity contribution in [1.82, 2.24) is 9.55 Å². The average Bonchev–Trinajstić information content (AvgIpc) is 2.80. The summed E-state index contributed by atoms with van der Waals surface area (Å²) in [5, 5.41) is 15.7.